The van der Waals surface area contributed by atoms with Gasteiger partial charge in [-0.05, 0) is 25.1 Å². The van der Waals surface area contributed by atoms with Crippen molar-refractivity contribution < 1.29 is 9.15 Å². The van der Waals surface area contributed by atoms with Gasteiger partial charge in [0.15, 0.2) is 6.61 Å². The van der Waals surface area contributed by atoms with Crippen molar-refractivity contribution in [3.63, 3.8) is 0 Å². The Labute approximate surface area is 164 Å². The standard InChI is InChI=1S/C19H15ClN2O2S2/c1-12-6-8-13(9-7-12)23-10-17-21-22-19(24-17)25-11-16-18(20)14-4-2-3-5-15(14)26-16/h2-9H,10-11H2,1H3. The molecule has 0 unspecified atom stereocenters. The topological polar surface area (TPSA) is 48.2 Å². The molecule has 0 aliphatic rings. The number of nitrogens with zero attached hydrogens (tertiary/aromatic N) is 2. The second kappa shape index (κ2) is 7.70. The highest BCUT2D eigenvalue weighted by atomic mass is 35.5. The maximum atomic E-state index is 6.47. The first-order chi connectivity index (χ1) is 12.7. The summed E-state index contributed by atoms with van der Waals surface area (Å²) in [5.41, 5.74) is 1.19. The first-order valence-corrected chi connectivity index (χ1v) is 10.2. The van der Waals surface area contributed by atoms with Gasteiger partial charge in [-0.2, -0.15) is 0 Å². The molecule has 2 heterocycles. The van der Waals surface area contributed by atoms with Gasteiger partial charge in [-0.1, -0.05) is 59.3 Å². The van der Waals surface area contributed by atoms with E-state index in [4.69, 9.17) is 20.8 Å². The largest absolute Gasteiger partial charge is 0.484 e. The van der Waals surface area contributed by atoms with Gasteiger partial charge in [0, 0.05) is 20.7 Å². The molecule has 0 bridgehead atoms. The molecule has 0 amide bonds. The smallest absolute Gasteiger partial charge is 0.277 e. The second-order valence-electron chi connectivity index (χ2n) is 5.69. The average Bonchev–Trinajstić information content (AvgIpc) is 3.24. The van der Waals surface area contributed by atoms with Crippen LogP contribution in [0.1, 0.15) is 16.3 Å². The van der Waals surface area contributed by atoms with Gasteiger partial charge in [0.2, 0.25) is 0 Å². The number of hydrogen-bond donors (Lipinski definition) is 0. The quantitative estimate of drug-likeness (QED) is 0.364. The minimum absolute atomic E-state index is 0.250. The first-order valence-electron chi connectivity index (χ1n) is 7.99. The molecule has 0 N–H and O–H groups in total. The van der Waals surface area contributed by atoms with Gasteiger partial charge in [-0.3, -0.25) is 0 Å². The molecule has 0 radical (unpaired) electrons. The van der Waals surface area contributed by atoms with Crippen LogP contribution in [0.5, 0.6) is 5.75 Å². The van der Waals surface area contributed by atoms with Gasteiger partial charge < -0.3 is 9.15 Å². The molecule has 2 aromatic heterocycles. The summed E-state index contributed by atoms with van der Waals surface area (Å²) in [5, 5.41) is 10.5. The molecular formula is C19H15ClN2O2S2. The number of aromatic nitrogens is 2. The van der Waals surface area contributed by atoms with Crippen molar-refractivity contribution in [2.45, 2.75) is 24.5 Å². The summed E-state index contributed by atoms with van der Waals surface area (Å²) in [6.07, 6.45) is 0. The molecule has 2 aromatic carbocycles. The predicted octanol–water partition coefficient (Wildman–Crippen LogP) is 6.12. The van der Waals surface area contributed by atoms with Crippen LogP contribution in [0.25, 0.3) is 10.1 Å². The molecule has 0 atom stereocenters. The fourth-order valence-electron chi connectivity index (χ4n) is 2.42. The minimum Gasteiger partial charge on any atom is -0.484 e. The zero-order valence-electron chi connectivity index (χ0n) is 13.9. The lowest BCUT2D eigenvalue weighted by Gasteiger charge is -2.02. The Morgan fingerprint density at radius 2 is 1.92 bits per heavy atom. The summed E-state index contributed by atoms with van der Waals surface area (Å²) in [5.74, 6) is 1.93. The number of benzene rings is 2. The zero-order chi connectivity index (χ0) is 17.9. The van der Waals surface area contributed by atoms with Crippen molar-refractivity contribution in [2.24, 2.45) is 0 Å². The maximum Gasteiger partial charge on any atom is 0.277 e. The van der Waals surface area contributed by atoms with Gasteiger partial charge in [0.25, 0.3) is 11.1 Å². The Bertz CT molecular complexity index is 1030. The summed E-state index contributed by atoms with van der Waals surface area (Å²) in [6, 6.07) is 16.0. The Kier molecular flexibility index (Phi) is 5.15. The Balaban J connectivity index is 1.37. The lowest BCUT2D eigenvalue weighted by Crippen LogP contribution is -1.95. The third-order valence-electron chi connectivity index (χ3n) is 3.76. The van der Waals surface area contributed by atoms with Crippen molar-refractivity contribution >= 4 is 44.8 Å². The number of ether oxygens (including phenoxy) is 1. The van der Waals surface area contributed by atoms with Crippen LogP contribution in [-0.2, 0) is 12.4 Å². The van der Waals surface area contributed by atoms with Crippen molar-refractivity contribution in [1.29, 1.82) is 0 Å². The summed E-state index contributed by atoms with van der Waals surface area (Å²) in [7, 11) is 0. The van der Waals surface area contributed by atoms with Crippen LogP contribution in [0, 0.1) is 6.92 Å². The van der Waals surface area contributed by atoms with E-state index in [1.807, 2.05) is 49.4 Å². The van der Waals surface area contributed by atoms with E-state index in [-0.39, 0.29) is 6.61 Å². The van der Waals surface area contributed by atoms with Crippen LogP contribution in [0.4, 0.5) is 0 Å². The number of thiophene rings is 1. The lowest BCUT2D eigenvalue weighted by atomic mass is 10.2. The average molecular weight is 403 g/mol. The van der Waals surface area contributed by atoms with Crippen molar-refractivity contribution in [1.82, 2.24) is 10.2 Å². The number of thioether (sulfide) groups is 1. The fourth-order valence-corrected chi connectivity index (χ4v) is 4.86. The van der Waals surface area contributed by atoms with Crippen molar-refractivity contribution in [3.8, 4) is 5.75 Å². The minimum atomic E-state index is 0.250. The van der Waals surface area contributed by atoms with E-state index in [2.05, 4.69) is 16.3 Å². The molecule has 26 heavy (non-hydrogen) atoms. The van der Waals surface area contributed by atoms with Crippen LogP contribution in [0.15, 0.2) is 58.2 Å². The van der Waals surface area contributed by atoms with E-state index in [0.29, 0.717) is 16.9 Å². The molecule has 0 spiro atoms. The Morgan fingerprint density at radius 1 is 1.12 bits per heavy atom. The van der Waals surface area contributed by atoms with E-state index in [1.54, 1.807) is 11.3 Å². The number of fused-ring (bicyclic) bond motifs is 1. The van der Waals surface area contributed by atoms with Crippen LogP contribution >= 0.6 is 34.7 Å². The van der Waals surface area contributed by atoms with E-state index in [0.717, 1.165) is 21.0 Å². The predicted molar refractivity (Wildman–Crippen MR) is 106 cm³/mol. The molecule has 0 aliphatic carbocycles. The SMILES string of the molecule is Cc1ccc(OCc2nnc(SCc3sc4ccccc4c3Cl)o2)cc1. The molecule has 0 fully saturated rings. The molecule has 7 heteroatoms. The third-order valence-corrected chi connectivity index (χ3v) is 6.50. The summed E-state index contributed by atoms with van der Waals surface area (Å²) in [4.78, 5) is 1.11. The van der Waals surface area contributed by atoms with E-state index in [1.165, 1.54) is 22.0 Å². The number of aryl methyl sites for hydroxylation is 1. The molecule has 4 nitrogen and oxygen atoms in total. The van der Waals surface area contributed by atoms with Gasteiger partial charge >= 0.3 is 0 Å². The second-order valence-corrected chi connectivity index (χ2v) is 8.13. The summed E-state index contributed by atoms with van der Waals surface area (Å²) in [6.45, 7) is 2.29. The van der Waals surface area contributed by atoms with Crippen LogP contribution in [-0.4, -0.2) is 10.2 Å². The lowest BCUT2D eigenvalue weighted by molar-refractivity contribution is 0.252. The van der Waals surface area contributed by atoms with Gasteiger partial charge in [0.1, 0.15) is 5.75 Å². The monoisotopic (exact) mass is 402 g/mol. The molecule has 0 saturated carbocycles. The number of halogens is 1. The maximum absolute atomic E-state index is 6.47. The normalized spacial score (nSPS) is 11.2. The molecule has 132 valence electrons. The summed E-state index contributed by atoms with van der Waals surface area (Å²) >= 11 is 9.64. The first kappa shape index (κ1) is 17.4. The van der Waals surface area contributed by atoms with Crippen molar-refractivity contribution in [2.75, 3.05) is 0 Å². The summed E-state index contributed by atoms with van der Waals surface area (Å²) < 4.78 is 12.5. The highest BCUT2D eigenvalue weighted by molar-refractivity contribution is 7.98. The molecule has 0 saturated heterocycles. The fraction of sp³-hybridized carbons (Fsp3) is 0.158. The van der Waals surface area contributed by atoms with Gasteiger partial charge in [0.05, 0.1) is 5.02 Å². The van der Waals surface area contributed by atoms with Gasteiger partial charge in [-0.15, -0.1) is 21.5 Å². The number of hydrogen-bond acceptors (Lipinski definition) is 6. The molecule has 4 rings (SSSR count). The van der Waals surface area contributed by atoms with E-state index in [9.17, 15) is 0 Å². The Morgan fingerprint density at radius 3 is 2.73 bits per heavy atom. The van der Waals surface area contributed by atoms with Crippen molar-refractivity contribution in [3.05, 3.63) is 69.9 Å². The number of rotatable bonds is 6. The molecular weight excluding hydrogens is 388 g/mol. The highest BCUT2D eigenvalue weighted by Gasteiger charge is 2.13. The van der Waals surface area contributed by atoms with Crippen LogP contribution in [0.3, 0.4) is 0 Å². The van der Waals surface area contributed by atoms with Gasteiger partial charge in [-0.25, -0.2) is 0 Å². The molecule has 0 aliphatic heterocycles. The highest BCUT2D eigenvalue weighted by Crippen LogP contribution is 2.38. The third kappa shape index (κ3) is 3.87. The zero-order valence-corrected chi connectivity index (χ0v) is 16.3. The molecule has 4 aromatic rings. The van der Waals surface area contributed by atoms with Crippen LogP contribution in [0.2, 0.25) is 5.02 Å². The van der Waals surface area contributed by atoms with E-state index < -0.39 is 0 Å². The Hall–Kier alpha value is -2.02. The van der Waals surface area contributed by atoms with E-state index >= 15 is 0 Å². The van der Waals surface area contributed by atoms with Crippen LogP contribution < -0.4 is 4.74 Å².